The van der Waals surface area contributed by atoms with Gasteiger partial charge in [0.15, 0.2) is 11.3 Å². The van der Waals surface area contributed by atoms with Crippen LogP contribution in [-0.4, -0.2) is 86.0 Å². The number of nitrogens with zero attached hydrogens (tertiary/aromatic N) is 6. The Balaban J connectivity index is 0.000000173. The van der Waals surface area contributed by atoms with Gasteiger partial charge in [0.1, 0.15) is 23.0 Å². The van der Waals surface area contributed by atoms with Gasteiger partial charge in [-0.25, -0.2) is 14.8 Å². The van der Waals surface area contributed by atoms with Gasteiger partial charge in [-0.05, 0) is 84.4 Å². The van der Waals surface area contributed by atoms with E-state index in [1.54, 1.807) is 53.0 Å². The van der Waals surface area contributed by atoms with Gasteiger partial charge in [-0.3, -0.25) is 10.2 Å². The Morgan fingerprint density at radius 1 is 0.683 bits per heavy atom. The minimum absolute atomic E-state index is 0.181. The Bertz CT molecular complexity index is 2640. The molecular weight excluding hydrogens is 809 g/mol. The number of rotatable bonds is 8. The smallest absolute Gasteiger partial charge is 0.490 e. The summed E-state index contributed by atoms with van der Waals surface area (Å²) in [5.74, 6) is 0.870. The SMILES string of the molecule is COc1ccc(N)cc1.COc1ccc(Nc2ncc3c(-c4ccccc4OC)[nH]nc3n2)cc1.COc1ccccc1-c1[nH]nc2nc(Cl)ncc12.O=C(O)C(F)(F)F. The number of ether oxygens (including phenoxy) is 4. The number of aliphatic carboxylic acids is 1. The second-order valence-electron chi connectivity index (χ2n) is 11.8. The topological polar surface area (TPSA) is 221 Å². The Morgan fingerprint density at radius 2 is 1.13 bits per heavy atom. The second-order valence-corrected chi connectivity index (χ2v) is 12.2. The number of alkyl halides is 3. The van der Waals surface area contributed by atoms with E-state index < -0.39 is 12.1 Å². The zero-order valence-electron chi connectivity index (χ0n) is 32.2. The Labute approximate surface area is 344 Å². The molecule has 20 heteroatoms. The fourth-order valence-electron chi connectivity index (χ4n) is 5.17. The van der Waals surface area contributed by atoms with Crippen LogP contribution in [0.5, 0.6) is 23.0 Å². The van der Waals surface area contributed by atoms with Crippen molar-refractivity contribution in [2.45, 2.75) is 6.18 Å². The predicted molar refractivity (Wildman–Crippen MR) is 220 cm³/mol. The summed E-state index contributed by atoms with van der Waals surface area (Å²) in [6.45, 7) is 0. The molecule has 310 valence electrons. The van der Waals surface area contributed by atoms with Crippen LogP contribution in [0.2, 0.25) is 5.28 Å². The van der Waals surface area contributed by atoms with Crippen LogP contribution < -0.4 is 30.0 Å². The summed E-state index contributed by atoms with van der Waals surface area (Å²) >= 11 is 5.73. The molecule has 0 unspecified atom stereocenters. The summed E-state index contributed by atoms with van der Waals surface area (Å²) in [5, 5.41) is 26.5. The van der Waals surface area contributed by atoms with Crippen LogP contribution in [0.25, 0.3) is 44.6 Å². The highest BCUT2D eigenvalue weighted by Crippen LogP contribution is 2.34. The minimum Gasteiger partial charge on any atom is -0.497 e. The fourth-order valence-corrected chi connectivity index (χ4v) is 5.30. The van der Waals surface area contributed by atoms with Crippen molar-refractivity contribution in [2.75, 3.05) is 39.5 Å². The molecule has 0 spiro atoms. The van der Waals surface area contributed by atoms with Crippen molar-refractivity contribution >= 4 is 57.0 Å². The van der Waals surface area contributed by atoms with Crippen molar-refractivity contribution in [1.82, 2.24) is 40.3 Å². The predicted octanol–water partition coefficient (Wildman–Crippen LogP) is 8.37. The number of H-pyrrole nitrogens is 2. The molecule has 60 heavy (non-hydrogen) atoms. The van der Waals surface area contributed by atoms with Crippen LogP contribution in [0.15, 0.2) is 109 Å². The number of hydrogen-bond donors (Lipinski definition) is 5. The quantitative estimate of drug-likeness (QED) is 0.0717. The van der Waals surface area contributed by atoms with E-state index >= 15 is 0 Å². The summed E-state index contributed by atoms with van der Waals surface area (Å²) < 4.78 is 52.6. The van der Waals surface area contributed by atoms with Crippen LogP contribution >= 0.6 is 11.6 Å². The first-order chi connectivity index (χ1) is 28.8. The number of nitrogen functional groups attached to an aromatic ring is 1. The van der Waals surface area contributed by atoms with Gasteiger partial charge in [-0.2, -0.15) is 33.3 Å². The van der Waals surface area contributed by atoms with Crippen molar-refractivity contribution in [2.24, 2.45) is 0 Å². The molecule has 4 aromatic carbocycles. The van der Waals surface area contributed by atoms with Gasteiger partial charge in [0.25, 0.3) is 0 Å². The van der Waals surface area contributed by atoms with Crippen LogP contribution in [-0.2, 0) is 4.79 Å². The third kappa shape index (κ3) is 11.3. The molecule has 0 saturated carbocycles. The third-order valence-electron chi connectivity index (χ3n) is 8.05. The van der Waals surface area contributed by atoms with Crippen molar-refractivity contribution in [3.05, 3.63) is 115 Å². The van der Waals surface area contributed by atoms with Gasteiger partial charge < -0.3 is 35.1 Å². The van der Waals surface area contributed by atoms with Crippen molar-refractivity contribution in [3.8, 4) is 45.5 Å². The van der Waals surface area contributed by atoms with Crippen molar-refractivity contribution < 1.29 is 42.0 Å². The number of carboxylic acid groups (broad SMARTS) is 1. The average molecular weight is 845 g/mol. The number of fused-ring (bicyclic) bond motifs is 2. The Morgan fingerprint density at radius 3 is 1.60 bits per heavy atom. The molecule has 8 rings (SSSR count). The first kappa shape index (κ1) is 43.5. The van der Waals surface area contributed by atoms with Gasteiger partial charge in [-0.1, -0.05) is 24.3 Å². The Kier molecular flexibility index (Phi) is 14.6. The number of hydrogen-bond acceptors (Lipinski definition) is 13. The highest BCUT2D eigenvalue weighted by Gasteiger charge is 2.38. The average Bonchev–Trinajstić information content (AvgIpc) is 3.88. The Hall–Kier alpha value is -7.67. The number of anilines is 3. The monoisotopic (exact) mass is 844 g/mol. The molecule has 0 saturated heterocycles. The fraction of sp³-hybridized carbons (Fsp3) is 0.125. The molecule has 16 nitrogen and oxygen atoms in total. The third-order valence-corrected chi connectivity index (χ3v) is 8.23. The van der Waals surface area contributed by atoms with Gasteiger partial charge in [0.2, 0.25) is 11.2 Å². The van der Waals surface area contributed by atoms with E-state index in [0.717, 1.165) is 67.7 Å². The molecule has 0 atom stereocenters. The van der Waals surface area contributed by atoms with Gasteiger partial charge in [-0.15, -0.1) is 0 Å². The number of carboxylic acids is 1. The second kappa shape index (κ2) is 20.1. The number of aromatic amines is 2. The lowest BCUT2D eigenvalue weighted by Crippen LogP contribution is -2.21. The summed E-state index contributed by atoms with van der Waals surface area (Å²) in [7, 11) is 6.54. The summed E-state index contributed by atoms with van der Waals surface area (Å²) in [5.41, 5.74) is 11.6. The first-order valence-electron chi connectivity index (χ1n) is 17.3. The molecule has 4 heterocycles. The summed E-state index contributed by atoms with van der Waals surface area (Å²) in [6, 6.07) is 30.2. The van der Waals surface area contributed by atoms with E-state index in [0.29, 0.717) is 17.2 Å². The van der Waals surface area contributed by atoms with Crippen LogP contribution in [0.3, 0.4) is 0 Å². The number of para-hydroxylation sites is 2. The van der Waals surface area contributed by atoms with E-state index in [1.165, 1.54) is 0 Å². The summed E-state index contributed by atoms with van der Waals surface area (Å²) in [6.07, 6.45) is -1.69. The molecule has 4 aromatic heterocycles. The number of nitrogens with one attached hydrogen (secondary N) is 3. The van der Waals surface area contributed by atoms with Crippen LogP contribution in [0, 0.1) is 0 Å². The number of methoxy groups -OCH3 is 4. The van der Waals surface area contributed by atoms with Gasteiger partial charge >= 0.3 is 12.1 Å². The maximum absolute atomic E-state index is 10.6. The zero-order chi connectivity index (χ0) is 43.2. The number of halogens is 4. The van der Waals surface area contributed by atoms with Crippen LogP contribution in [0.1, 0.15) is 0 Å². The highest BCUT2D eigenvalue weighted by atomic mass is 35.5. The molecule has 0 fully saturated rings. The molecule has 0 aliphatic rings. The van der Waals surface area contributed by atoms with E-state index in [9.17, 15) is 13.2 Å². The van der Waals surface area contributed by atoms with Crippen molar-refractivity contribution in [3.63, 3.8) is 0 Å². The van der Waals surface area contributed by atoms with Crippen molar-refractivity contribution in [1.29, 1.82) is 0 Å². The number of benzene rings is 4. The van der Waals surface area contributed by atoms with Gasteiger partial charge in [0.05, 0.1) is 50.6 Å². The molecular formula is C40H36ClF3N10O6. The van der Waals surface area contributed by atoms with E-state index in [4.69, 9.17) is 46.2 Å². The van der Waals surface area contributed by atoms with Crippen LogP contribution in [0.4, 0.5) is 30.5 Å². The maximum atomic E-state index is 10.6. The molecule has 8 aromatic rings. The molecule has 0 aliphatic heterocycles. The molecule has 0 bridgehead atoms. The molecule has 0 amide bonds. The molecule has 6 N–H and O–H groups in total. The summed E-state index contributed by atoms with van der Waals surface area (Å²) in [4.78, 5) is 25.8. The zero-order valence-corrected chi connectivity index (χ0v) is 32.9. The molecule has 0 aliphatic carbocycles. The number of nitrogens with two attached hydrogens (primary N) is 1. The van der Waals surface area contributed by atoms with E-state index in [1.807, 2.05) is 84.9 Å². The van der Waals surface area contributed by atoms with E-state index in [-0.39, 0.29) is 5.28 Å². The number of aromatic nitrogens is 8. The van der Waals surface area contributed by atoms with E-state index in [2.05, 4.69) is 45.6 Å². The lowest BCUT2D eigenvalue weighted by atomic mass is 10.1. The molecule has 0 radical (unpaired) electrons. The van der Waals surface area contributed by atoms with Gasteiger partial charge in [0, 0.05) is 34.9 Å². The number of carbonyl (C=O) groups is 1. The standard InChI is InChI=1S/C19H17N5O2.C12H9ClN4O.C7H9NO.C2HF3O2/c1-25-13-9-7-12(8-10-13)21-19-20-11-15-17(23-24-18(15)22-19)14-5-3-4-6-16(14)26-2;1-18-9-5-3-2-4-7(9)10-8-6-14-12(13)15-11(8)17-16-10;1-9-7-4-2-6(8)3-5-7;3-2(4,5)1(6)7/h3-11H,1-2H3,(H2,20,21,22,23,24);2-6H,1H3,(H,14,15,16,17);2-5H,8H2,1H3;(H,6,7). The highest BCUT2D eigenvalue weighted by molar-refractivity contribution is 6.28. The largest absolute Gasteiger partial charge is 0.497 e. The maximum Gasteiger partial charge on any atom is 0.490 e. The minimum atomic E-state index is -5.08. The lowest BCUT2D eigenvalue weighted by Gasteiger charge is -2.07. The first-order valence-corrected chi connectivity index (χ1v) is 17.7. The normalized spacial score (nSPS) is 10.5. The lowest BCUT2D eigenvalue weighted by molar-refractivity contribution is -0.192.